The van der Waals surface area contributed by atoms with E-state index in [0.717, 1.165) is 12.1 Å². The van der Waals surface area contributed by atoms with Gasteiger partial charge in [-0.3, -0.25) is 30.0 Å². The molecule has 0 saturated heterocycles. The van der Waals surface area contributed by atoms with E-state index in [-0.39, 0.29) is 44.8 Å². The summed E-state index contributed by atoms with van der Waals surface area (Å²) < 4.78 is 11.4. The van der Waals surface area contributed by atoms with Crippen molar-refractivity contribution >= 4 is 51.2 Å². The van der Waals surface area contributed by atoms with Gasteiger partial charge in [0, 0.05) is 12.1 Å². The summed E-state index contributed by atoms with van der Waals surface area (Å²) in [5.74, 6) is 8.07. The van der Waals surface area contributed by atoms with Crippen LogP contribution in [0, 0.1) is 0 Å². The number of nitrogens with two attached hydrogens (primary N) is 2. The normalized spacial score (nSPS) is 11.8. The molecule has 0 atom stereocenters. The van der Waals surface area contributed by atoms with Crippen LogP contribution in [0.1, 0.15) is 73.8 Å². The molecule has 0 unspecified atom stereocenters. The zero-order valence-corrected chi connectivity index (χ0v) is 24.0. The van der Waals surface area contributed by atoms with Crippen LogP contribution in [0.4, 0.5) is 16.2 Å². The van der Waals surface area contributed by atoms with Crippen LogP contribution in [0.3, 0.4) is 0 Å². The first-order valence-corrected chi connectivity index (χ1v) is 12.9. The van der Waals surface area contributed by atoms with Crippen molar-refractivity contribution in [1.82, 2.24) is 10.9 Å². The molecule has 13 heteroatoms. The quantitative estimate of drug-likeness (QED) is 0.119. The van der Waals surface area contributed by atoms with Gasteiger partial charge in [-0.25, -0.2) is 16.5 Å². The van der Waals surface area contributed by atoms with Gasteiger partial charge in [-0.05, 0) is 46.2 Å². The van der Waals surface area contributed by atoms with Crippen molar-refractivity contribution in [3.63, 3.8) is 0 Å². The average Bonchev–Trinajstić information content (AvgIpc) is 2.91. The summed E-state index contributed by atoms with van der Waals surface area (Å²) >= 11 is 0. The van der Waals surface area contributed by atoms with Gasteiger partial charge in [-0.15, -0.1) is 0 Å². The molecule has 4 aromatic rings. The van der Waals surface area contributed by atoms with E-state index < -0.39 is 39.5 Å². The van der Waals surface area contributed by atoms with Gasteiger partial charge in [0.15, 0.2) is 33.5 Å². The monoisotopic (exact) mass is 576 g/mol. The Kier molecular flexibility index (Phi) is 7.68. The van der Waals surface area contributed by atoms with E-state index in [0.29, 0.717) is 11.1 Å². The highest BCUT2D eigenvalue weighted by atomic mass is 16.4. The van der Waals surface area contributed by atoms with Crippen LogP contribution >= 0.6 is 0 Å². The van der Waals surface area contributed by atoms with Gasteiger partial charge >= 0.3 is 17.8 Å². The van der Waals surface area contributed by atoms with Crippen molar-refractivity contribution in [3.05, 3.63) is 79.5 Å². The van der Waals surface area contributed by atoms with E-state index in [1.54, 1.807) is 24.3 Å². The lowest BCUT2D eigenvalue weighted by atomic mass is 9.86. The van der Waals surface area contributed by atoms with Crippen molar-refractivity contribution in [2.24, 2.45) is 11.7 Å². The van der Waals surface area contributed by atoms with Gasteiger partial charge in [0.25, 0.3) is 0 Å². The molecule has 220 valence electrons. The highest BCUT2D eigenvalue weighted by Gasteiger charge is 2.24. The van der Waals surface area contributed by atoms with Crippen molar-refractivity contribution in [2.45, 2.75) is 52.4 Å². The van der Waals surface area contributed by atoms with Crippen LogP contribution < -0.4 is 44.0 Å². The molecular formula is C29H32N6O7. The van der Waals surface area contributed by atoms with E-state index in [2.05, 4.69) is 10.6 Å². The van der Waals surface area contributed by atoms with Gasteiger partial charge < -0.3 is 19.5 Å². The number of carbonyl (C=O) groups excluding carboxylic acids is 3. The summed E-state index contributed by atoms with van der Waals surface area (Å²) in [5.41, 5.74) is 3.45. The fourth-order valence-electron chi connectivity index (χ4n) is 4.21. The van der Waals surface area contributed by atoms with Gasteiger partial charge in [0.05, 0.1) is 22.1 Å². The van der Waals surface area contributed by atoms with Crippen molar-refractivity contribution in [1.29, 1.82) is 0 Å². The Morgan fingerprint density at radius 3 is 1.29 bits per heavy atom. The summed E-state index contributed by atoms with van der Waals surface area (Å²) in [7, 11) is 0. The fraction of sp³-hybridized carbons (Fsp3) is 0.276. The van der Waals surface area contributed by atoms with E-state index in [9.17, 15) is 24.0 Å². The summed E-state index contributed by atoms with van der Waals surface area (Å²) in [5, 5.41) is 5.63. The molecule has 0 saturated carbocycles. The Morgan fingerprint density at radius 1 is 0.619 bits per heavy atom. The molecule has 0 spiro atoms. The predicted octanol–water partition coefficient (Wildman–Crippen LogP) is 3.35. The largest absolute Gasteiger partial charge is 0.448 e. The third-order valence-electron chi connectivity index (χ3n) is 6.60. The lowest BCUT2D eigenvalue weighted by Gasteiger charge is -2.22. The third kappa shape index (κ3) is 5.87. The van der Waals surface area contributed by atoms with Crippen LogP contribution in [-0.2, 0) is 10.8 Å². The fourth-order valence-corrected chi connectivity index (χ4v) is 4.21. The second kappa shape index (κ2) is 10.8. The number of nitrogens with one attached hydrogen (secondary N) is 4. The number of amides is 4. The Hall–Kier alpha value is -5.01. The number of rotatable bonds is 4. The van der Waals surface area contributed by atoms with Crippen molar-refractivity contribution < 1.29 is 23.2 Å². The first-order chi connectivity index (χ1) is 19.5. The van der Waals surface area contributed by atoms with Crippen LogP contribution in [0.2, 0.25) is 0 Å². The molecule has 2 aromatic heterocycles. The summed E-state index contributed by atoms with van der Waals surface area (Å²) in [4.78, 5) is 63.6. The number of anilines is 2. The van der Waals surface area contributed by atoms with E-state index in [4.69, 9.17) is 20.5 Å². The molecule has 0 fully saturated rings. The van der Waals surface area contributed by atoms with Gasteiger partial charge in [0.2, 0.25) is 0 Å². The topological polar surface area (TPSA) is 212 Å². The molecule has 13 nitrogen and oxygen atoms in total. The number of hydrogen-bond acceptors (Lipinski definition) is 9. The summed E-state index contributed by atoms with van der Waals surface area (Å²) in [6, 6.07) is 7.76. The zero-order chi connectivity index (χ0) is 31.1. The minimum Gasteiger partial charge on any atom is -0.448 e. The maximum Gasteiger partial charge on any atom is 0.323 e. The minimum atomic E-state index is -0.831. The molecular weight excluding hydrogens is 544 g/mol. The first-order valence-electron chi connectivity index (χ1n) is 12.9. The van der Waals surface area contributed by atoms with Crippen LogP contribution in [0.15, 0.2) is 54.8 Å². The lowest BCUT2D eigenvalue weighted by molar-refractivity contribution is 0.0919. The van der Waals surface area contributed by atoms with E-state index in [1.165, 1.54) is 0 Å². The van der Waals surface area contributed by atoms with Crippen molar-refractivity contribution in [2.75, 3.05) is 10.6 Å². The molecule has 0 aliphatic heterocycles. The van der Waals surface area contributed by atoms with Gasteiger partial charge in [-0.1, -0.05) is 41.5 Å². The van der Waals surface area contributed by atoms with Crippen LogP contribution in [-0.4, -0.2) is 17.8 Å². The number of hydrazine groups is 2. The molecule has 4 rings (SSSR count). The molecule has 42 heavy (non-hydrogen) atoms. The Bertz CT molecular complexity index is 1740. The van der Waals surface area contributed by atoms with Crippen LogP contribution in [0.25, 0.3) is 21.9 Å². The minimum absolute atomic E-state index is 0.0500. The smallest absolute Gasteiger partial charge is 0.323 e. The van der Waals surface area contributed by atoms with Gasteiger partial charge in [-0.2, -0.15) is 0 Å². The number of fused-ring (bicyclic) bond motifs is 2. The highest BCUT2D eigenvalue weighted by molar-refractivity contribution is 6.08. The number of hydrogen-bond donors (Lipinski definition) is 6. The number of nitrogen functional groups attached to an aromatic ring is 2. The van der Waals surface area contributed by atoms with Crippen LogP contribution in [0.5, 0.6) is 0 Å². The van der Waals surface area contributed by atoms with E-state index in [1.807, 2.05) is 52.4 Å². The Balaban J connectivity index is 1.87. The second-order valence-electron chi connectivity index (χ2n) is 11.8. The third-order valence-corrected chi connectivity index (χ3v) is 6.60. The first kappa shape index (κ1) is 30.0. The molecule has 0 bridgehead atoms. The zero-order valence-electron chi connectivity index (χ0n) is 24.0. The summed E-state index contributed by atoms with van der Waals surface area (Å²) in [6.07, 6.45) is 0. The molecule has 4 amide bonds. The second-order valence-corrected chi connectivity index (χ2v) is 11.8. The molecule has 0 aliphatic carbocycles. The molecule has 0 aliphatic rings. The standard InChI is InChI=1S/C29H32N6O7/c1-28(2,3)13-7-15-19(36)11-21(25(38)34-30)41-23(15)17(9-13)32-27(40)33-18-10-14(29(4,5)6)8-16-20(37)12-22(26(39)35-31)42-24(16)18/h7-12H,30-31H2,1-6H3,(H,34,38)(H,35,39)(H2,32,33,40). The van der Waals surface area contributed by atoms with Gasteiger partial charge in [0.1, 0.15) is 0 Å². The maximum absolute atomic E-state index is 13.5. The number of benzene rings is 2. The maximum atomic E-state index is 13.5. The van der Waals surface area contributed by atoms with E-state index >= 15 is 0 Å². The molecule has 8 N–H and O–H groups in total. The van der Waals surface area contributed by atoms with Crippen molar-refractivity contribution in [3.8, 4) is 0 Å². The molecule has 2 heterocycles. The Labute approximate surface area is 239 Å². The molecule has 2 aromatic carbocycles. The summed E-state index contributed by atoms with van der Waals surface area (Å²) in [6.45, 7) is 11.6. The highest BCUT2D eigenvalue weighted by Crippen LogP contribution is 2.33. The molecule has 0 radical (unpaired) electrons. The lowest BCUT2D eigenvalue weighted by Crippen LogP contribution is -2.30. The Morgan fingerprint density at radius 2 is 0.976 bits per heavy atom. The SMILES string of the molecule is CC(C)(C)c1cc(NC(=O)Nc2cc(C(C)(C)C)cc3c(=O)cc(C(=O)NN)oc23)c2oc(C(=O)NN)cc(=O)c2c1. The number of urea groups is 1. The predicted molar refractivity (Wildman–Crippen MR) is 158 cm³/mol. The average molecular weight is 577 g/mol. The number of carbonyl (C=O) groups is 3.